The summed E-state index contributed by atoms with van der Waals surface area (Å²) in [4.78, 5) is 7.20. The minimum absolute atomic E-state index is 0.701. The molecular formula is C8H7ClN2. The summed E-state index contributed by atoms with van der Waals surface area (Å²) in [5, 5.41) is 1.74. The summed E-state index contributed by atoms with van der Waals surface area (Å²) in [6, 6.07) is 1.95. The molecule has 0 fully saturated rings. The zero-order valence-corrected chi connectivity index (χ0v) is 6.81. The SMILES string of the molecule is Cc1ncc(Cl)c2cc[nH]c12. The van der Waals surface area contributed by atoms with Crippen LogP contribution in [0.15, 0.2) is 18.5 Å². The van der Waals surface area contributed by atoms with E-state index >= 15 is 0 Å². The van der Waals surface area contributed by atoms with Gasteiger partial charge in [-0.15, -0.1) is 0 Å². The quantitative estimate of drug-likeness (QED) is 0.640. The van der Waals surface area contributed by atoms with Gasteiger partial charge in [0, 0.05) is 17.8 Å². The molecule has 2 rings (SSSR count). The third kappa shape index (κ3) is 0.906. The summed E-state index contributed by atoms with van der Waals surface area (Å²) in [5.41, 5.74) is 2.01. The Balaban J connectivity index is 2.96. The highest BCUT2D eigenvalue weighted by Gasteiger charge is 2.01. The molecule has 2 nitrogen and oxygen atoms in total. The third-order valence-electron chi connectivity index (χ3n) is 1.74. The van der Waals surface area contributed by atoms with E-state index in [1.807, 2.05) is 19.2 Å². The number of aromatic nitrogens is 2. The van der Waals surface area contributed by atoms with Crippen LogP contribution in [0.2, 0.25) is 5.02 Å². The second-order valence-corrected chi connectivity index (χ2v) is 2.87. The number of nitrogens with one attached hydrogen (secondary N) is 1. The molecular weight excluding hydrogens is 160 g/mol. The molecule has 11 heavy (non-hydrogen) atoms. The Morgan fingerprint density at radius 3 is 3.09 bits per heavy atom. The van der Waals surface area contributed by atoms with Crippen LogP contribution in [-0.4, -0.2) is 9.97 Å². The van der Waals surface area contributed by atoms with Gasteiger partial charge in [0.2, 0.25) is 0 Å². The van der Waals surface area contributed by atoms with Crippen molar-refractivity contribution in [2.24, 2.45) is 0 Å². The zero-order chi connectivity index (χ0) is 7.84. The van der Waals surface area contributed by atoms with E-state index in [4.69, 9.17) is 11.6 Å². The van der Waals surface area contributed by atoms with Crippen LogP contribution in [-0.2, 0) is 0 Å². The van der Waals surface area contributed by atoms with Crippen molar-refractivity contribution in [3.8, 4) is 0 Å². The van der Waals surface area contributed by atoms with Crippen LogP contribution in [0.3, 0.4) is 0 Å². The molecule has 3 heteroatoms. The van der Waals surface area contributed by atoms with E-state index < -0.39 is 0 Å². The first-order chi connectivity index (χ1) is 5.29. The summed E-state index contributed by atoms with van der Waals surface area (Å²) in [7, 11) is 0. The Kier molecular flexibility index (Phi) is 1.36. The molecule has 0 aliphatic carbocycles. The molecule has 1 N–H and O–H groups in total. The number of rotatable bonds is 0. The summed E-state index contributed by atoms with van der Waals surface area (Å²) >= 11 is 5.89. The topological polar surface area (TPSA) is 28.7 Å². The predicted molar refractivity (Wildman–Crippen MR) is 45.8 cm³/mol. The first-order valence-corrected chi connectivity index (χ1v) is 3.75. The van der Waals surface area contributed by atoms with Crippen molar-refractivity contribution in [3.63, 3.8) is 0 Å². The molecule has 0 aliphatic rings. The van der Waals surface area contributed by atoms with Gasteiger partial charge < -0.3 is 4.98 Å². The maximum absolute atomic E-state index is 5.89. The van der Waals surface area contributed by atoms with Gasteiger partial charge in [-0.25, -0.2) is 0 Å². The lowest BCUT2D eigenvalue weighted by Crippen LogP contribution is -1.81. The van der Waals surface area contributed by atoms with Crippen LogP contribution < -0.4 is 0 Å². The number of fused-ring (bicyclic) bond motifs is 1. The number of halogens is 1. The van der Waals surface area contributed by atoms with Gasteiger partial charge in [0.05, 0.1) is 16.2 Å². The Morgan fingerprint density at radius 2 is 2.36 bits per heavy atom. The Morgan fingerprint density at radius 1 is 1.55 bits per heavy atom. The molecule has 56 valence electrons. The van der Waals surface area contributed by atoms with Crippen LogP contribution in [0.4, 0.5) is 0 Å². The monoisotopic (exact) mass is 166 g/mol. The van der Waals surface area contributed by atoms with Crippen LogP contribution in [0.1, 0.15) is 5.69 Å². The van der Waals surface area contributed by atoms with Crippen molar-refractivity contribution in [1.82, 2.24) is 9.97 Å². The molecule has 0 saturated heterocycles. The van der Waals surface area contributed by atoms with Crippen molar-refractivity contribution >= 4 is 22.5 Å². The van der Waals surface area contributed by atoms with Gasteiger partial charge >= 0.3 is 0 Å². The molecule has 0 aliphatic heterocycles. The third-order valence-corrected chi connectivity index (χ3v) is 2.04. The van der Waals surface area contributed by atoms with Gasteiger partial charge in [0.1, 0.15) is 0 Å². The fourth-order valence-electron chi connectivity index (χ4n) is 1.16. The molecule has 0 saturated carbocycles. The average Bonchev–Trinajstić information content (AvgIpc) is 2.45. The fourth-order valence-corrected chi connectivity index (χ4v) is 1.36. The van der Waals surface area contributed by atoms with Crippen LogP contribution in [0, 0.1) is 6.92 Å². The number of hydrogen-bond acceptors (Lipinski definition) is 1. The summed E-state index contributed by atoms with van der Waals surface area (Å²) in [5.74, 6) is 0. The number of nitrogens with zero attached hydrogens (tertiary/aromatic N) is 1. The number of hydrogen-bond donors (Lipinski definition) is 1. The second-order valence-electron chi connectivity index (χ2n) is 2.46. The Labute approximate surface area is 69.2 Å². The normalized spacial score (nSPS) is 10.7. The lowest BCUT2D eigenvalue weighted by atomic mass is 10.3. The highest BCUT2D eigenvalue weighted by atomic mass is 35.5. The lowest BCUT2D eigenvalue weighted by molar-refractivity contribution is 1.22. The summed E-state index contributed by atoms with van der Waals surface area (Å²) in [6.07, 6.45) is 3.54. The van der Waals surface area contributed by atoms with E-state index in [1.54, 1.807) is 6.20 Å². The molecule has 2 aromatic rings. The molecule has 0 unspecified atom stereocenters. The van der Waals surface area contributed by atoms with Crippen LogP contribution >= 0.6 is 11.6 Å². The van der Waals surface area contributed by atoms with Crippen LogP contribution in [0.25, 0.3) is 10.9 Å². The van der Waals surface area contributed by atoms with Crippen molar-refractivity contribution in [1.29, 1.82) is 0 Å². The smallest absolute Gasteiger partial charge is 0.0685 e. The maximum atomic E-state index is 5.89. The molecule has 0 atom stereocenters. The van der Waals surface area contributed by atoms with E-state index in [-0.39, 0.29) is 0 Å². The average molecular weight is 167 g/mol. The van der Waals surface area contributed by atoms with Gasteiger partial charge in [0.15, 0.2) is 0 Å². The maximum Gasteiger partial charge on any atom is 0.0685 e. The van der Waals surface area contributed by atoms with E-state index in [0.717, 1.165) is 16.6 Å². The molecule has 0 radical (unpaired) electrons. The number of aromatic amines is 1. The summed E-state index contributed by atoms with van der Waals surface area (Å²) < 4.78 is 0. The fraction of sp³-hybridized carbons (Fsp3) is 0.125. The zero-order valence-electron chi connectivity index (χ0n) is 6.06. The molecule has 2 heterocycles. The van der Waals surface area contributed by atoms with E-state index in [0.29, 0.717) is 5.02 Å². The number of H-pyrrole nitrogens is 1. The molecule has 0 spiro atoms. The van der Waals surface area contributed by atoms with Crippen molar-refractivity contribution in [2.45, 2.75) is 6.92 Å². The van der Waals surface area contributed by atoms with Crippen molar-refractivity contribution < 1.29 is 0 Å². The molecule has 2 aromatic heterocycles. The minimum Gasteiger partial charge on any atom is -0.360 e. The standard InChI is InChI=1S/C8H7ClN2/c1-5-8-6(2-3-10-8)7(9)4-11-5/h2-4,10H,1H3. The Hall–Kier alpha value is -1.02. The molecule has 0 amide bonds. The highest BCUT2D eigenvalue weighted by molar-refractivity contribution is 6.35. The van der Waals surface area contributed by atoms with Crippen molar-refractivity contribution in [2.75, 3.05) is 0 Å². The first kappa shape index (κ1) is 6.68. The van der Waals surface area contributed by atoms with E-state index in [2.05, 4.69) is 9.97 Å². The number of pyridine rings is 1. The Bertz CT molecular complexity index is 356. The van der Waals surface area contributed by atoms with Crippen LogP contribution in [0.5, 0.6) is 0 Å². The van der Waals surface area contributed by atoms with Gasteiger partial charge in [-0.05, 0) is 13.0 Å². The summed E-state index contributed by atoms with van der Waals surface area (Å²) in [6.45, 7) is 1.95. The van der Waals surface area contributed by atoms with E-state index in [9.17, 15) is 0 Å². The lowest BCUT2D eigenvalue weighted by Gasteiger charge is -1.95. The van der Waals surface area contributed by atoms with Gasteiger partial charge in [0.25, 0.3) is 0 Å². The largest absolute Gasteiger partial charge is 0.360 e. The van der Waals surface area contributed by atoms with Gasteiger partial charge in [-0.3, -0.25) is 4.98 Å². The molecule has 0 bridgehead atoms. The van der Waals surface area contributed by atoms with Crippen molar-refractivity contribution in [3.05, 3.63) is 29.2 Å². The number of aryl methyl sites for hydroxylation is 1. The predicted octanol–water partition coefficient (Wildman–Crippen LogP) is 2.52. The van der Waals surface area contributed by atoms with E-state index in [1.165, 1.54) is 0 Å². The molecule has 0 aromatic carbocycles. The minimum atomic E-state index is 0.701. The second kappa shape index (κ2) is 2.24. The van der Waals surface area contributed by atoms with Gasteiger partial charge in [-0.1, -0.05) is 11.6 Å². The highest BCUT2D eigenvalue weighted by Crippen LogP contribution is 2.22. The van der Waals surface area contributed by atoms with Gasteiger partial charge in [-0.2, -0.15) is 0 Å². The first-order valence-electron chi connectivity index (χ1n) is 3.37.